The van der Waals surface area contributed by atoms with Gasteiger partial charge in [0.05, 0.1) is 23.0 Å². The van der Waals surface area contributed by atoms with Crippen molar-refractivity contribution in [2.75, 3.05) is 11.3 Å². The minimum absolute atomic E-state index is 0.208. The molecule has 8 nitrogen and oxygen atoms in total. The molecule has 1 amide bonds. The van der Waals surface area contributed by atoms with E-state index in [1.807, 2.05) is 0 Å². The monoisotopic (exact) mass is 487 g/mol. The molecule has 3 aromatic rings. The van der Waals surface area contributed by atoms with E-state index in [2.05, 4.69) is 14.8 Å². The van der Waals surface area contributed by atoms with Gasteiger partial charge in [0.1, 0.15) is 10.3 Å². The van der Waals surface area contributed by atoms with E-state index < -0.39 is 11.3 Å². The first-order chi connectivity index (χ1) is 14.3. The number of halogens is 3. The summed E-state index contributed by atoms with van der Waals surface area (Å²) >= 11 is 16.0. The summed E-state index contributed by atoms with van der Waals surface area (Å²) in [6.45, 7) is 0.507. The molecule has 158 valence electrons. The molecule has 2 N–H and O–H groups in total. The van der Waals surface area contributed by atoms with Crippen molar-refractivity contribution < 1.29 is 13.6 Å². The lowest BCUT2D eigenvalue weighted by Crippen LogP contribution is -2.39. The van der Waals surface area contributed by atoms with Gasteiger partial charge in [0.15, 0.2) is 5.65 Å². The second kappa shape index (κ2) is 8.68. The Kier molecular flexibility index (Phi) is 6.17. The molecular formula is C18H16Cl3N5O3S. The van der Waals surface area contributed by atoms with Crippen LogP contribution in [0.5, 0.6) is 0 Å². The molecule has 4 rings (SSSR count). The summed E-state index contributed by atoms with van der Waals surface area (Å²) < 4.78 is 24.3. The normalized spacial score (nSPS) is 17.9. The van der Waals surface area contributed by atoms with Crippen LogP contribution in [-0.4, -0.2) is 40.7 Å². The van der Waals surface area contributed by atoms with Crippen LogP contribution in [0.25, 0.3) is 5.65 Å². The Hall–Kier alpha value is -1.91. The summed E-state index contributed by atoms with van der Waals surface area (Å²) in [5, 5.41) is 5.45. The molecule has 0 saturated carbocycles. The van der Waals surface area contributed by atoms with Crippen LogP contribution in [0.4, 0.5) is 5.69 Å². The van der Waals surface area contributed by atoms with E-state index in [0.29, 0.717) is 34.5 Å². The lowest BCUT2D eigenvalue weighted by molar-refractivity contribution is 0.0607. The largest absolute Gasteiger partial charge is 0.330 e. The van der Waals surface area contributed by atoms with Crippen molar-refractivity contribution >= 4 is 63.3 Å². The summed E-state index contributed by atoms with van der Waals surface area (Å²) in [5.74, 6) is -0.315. The van der Waals surface area contributed by atoms with Crippen molar-refractivity contribution in [2.24, 2.45) is 0 Å². The van der Waals surface area contributed by atoms with Crippen molar-refractivity contribution in [3.8, 4) is 0 Å². The van der Waals surface area contributed by atoms with Crippen LogP contribution in [-0.2, 0) is 11.3 Å². The van der Waals surface area contributed by atoms with Crippen molar-refractivity contribution in [3.05, 3.63) is 56.9 Å². The van der Waals surface area contributed by atoms with E-state index in [0.717, 1.165) is 12.8 Å². The Balaban J connectivity index is 1.73. The van der Waals surface area contributed by atoms with Crippen molar-refractivity contribution in [2.45, 2.75) is 25.3 Å². The average Bonchev–Trinajstić information content (AvgIpc) is 3.13. The Morgan fingerprint density at radius 1 is 1.20 bits per heavy atom. The van der Waals surface area contributed by atoms with Crippen molar-refractivity contribution in [1.82, 2.24) is 19.5 Å². The number of rotatable bonds is 4. The van der Waals surface area contributed by atoms with Crippen LogP contribution in [0.2, 0.25) is 15.3 Å². The zero-order valence-corrected chi connectivity index (χ0v) is 18.5. The predicted octanol–water partition coefficient (Wildman–Crippen LogP) is 4.61. The molecular weight excluding hydrogens is 473 g/mol. The van der Waals surface area contributed by atoms with Gasteiger partial charge in [-0.15, -0.1) is 0 Å². The number of piperidine rings is 1. The third-order valence-electron chi connectivity index (χ3n) is 4.89. The number of nitrogens with zero attached hydrogens (tertiary/aromatic N) is 4. The van der Waals surface area contributed by atoms with Crippen LogP contribution < -0.4 is 4.72 Å². The standard InChI is InChI=1S/C18H16Cl3N5O3S/c19-10-4-5-12(24-30(28)29)11(7-10)18(27)25-6-2-1-3-14(25)13-8-17-22-15(20)9-16(21)26(17)23-13/h4-5,7-9,14,24H,1-3,6H2,(H,28,29)/t14-/m0/s1. The summed E-state index contributed by atoms with van der Waals surface area (Å²) in [5.41, 5.74) is 1.56. The second-order valence-corrected chi connectivity index (χ2v) is 8.71. The van der Waals surface area contributed by atoms with E-state index >= 15 is 0 Å². The van der Waals surface area contributed by atoms with Gasteiger partial charge in [-0.3, -0.25) is 14.1 Å². The Morgan fingerprint density at radius 3 is 2.77 bits per heavy atom. The van der Waals surface area contributed by atoms with Crippen LogP contribution in [0.15, 0.2) is 30.3 Å². The molecule has 0 radical (unpaired) electrons. The molecule has 0 bridgehead atoms. The number of likely N-dealkylation sites (tertiary alicyclic amines) is 1. The van der Waals surface area contributed by atoms with Gasteiger partial charge >= 0.3 is 0 Å². The van der Waals surface area contributed by atoms with Gasteiger partial charge in [-0.2, -0.15) is 5.10 Å². The quantitative estimate of drug-likeness (QED) is 0.413. The van der Waals surface area contributed by atoms with Gasteiger partial charge < -0.3 is 4.90 Å². The van der Waals surface area contributed by atoms with E-state index in [1.165, 1.54) is 22.7 Å². The summed E-state index contributed by atoms with van der Waals surface area (Å²) in [6.07, 6.45) is 2.46. The minimum Gasteiger partial charge on any atom is -0.330 e. The zero-order chi connectivity index (χ0) is 21.4. The van der Waals surface area contributed by atoms with Gasteiger partial charge in [0.2, 0.25) is 0 Å². The zero-order valence-electron chi connectivity index (χ0n) is 15.4. The second-order valence-electron chi connectivity index (χ2n) is 6.79. The number of carbonyl (C=O) groups excluding carboxylic acids is 1. The third-order valence-corrected chi connectivity index (χ3v) is 5.98. The van der Waals surface area contributed by atoms with E-state index in [4.69, 9.17) is 34.8 Å². The highest BCUT2D eigenvalue weighted by Crippen LogP contribution is 2.34. The number of anilines is 1. The molecule has 0 spiro atoms. The van der Waals surface area contributed by atoms with Gasteiger partial charge in [-0.1, -0.05) is 34.8 Å². The minimum atomic E-state index is -2.33. The number of nitrogens with one attached hydrogen (secondary N) is 1. The molecule has 0 aliphatic carbocycles. The fraction of sp³-hybridized carbons (Fsp3) is 0.278. The van der Waals surface area contributed by atoms with E-state index in [9.17, 15) is 13.6 Å². The van der Waals surface area contributed by atoms with Gasteiger partial charge in [0, 0.05) is 23.7 Å². The highest BCUT2D eigenvalue weighted by Gasteiger charge is 2.32. The van der Waals surface area contributed by atoms with E-state index in [-0.39, 0.29) is 28.4 Å². The molecule has 30 heavy (non-hydrogen) atoms. The molecule has 2 aromatic heterocycles. The number of aromatic nitrogens is 3. The van der Waals surface area contributed by atoms with Crippen LogP contribution in [0.3, 0.4) is 0 Å². The van der Waals surface area contributed by atoms with Gasteiger partial charge in [-0.25, -0.2) is 13.7 Å². The first-order valence-corrected chi connectivity index (χ1v) is 11.3. The molecule has 1 aromatic carbocycles. The molecule has 12 heteroatoms. The maximum atomic E-state index is 13.4. The summed E-state index contributed by atoms with van der Waals surface area (Å²) in [4.78, 5) is 19.3. The fourth-order valence-electron chi connectivity index (χ4n) is 3.60. The van der Waals surface area contributed by atoms with Crippen LogP contribution in [0, 0.1) is 0 Å². The van der Waals surface area contributed by atoms with Crippen molar-refractivity contribution in [3.63, 3.8) is 0 Å². The van der Waals surface area contributed by atoms with Gasteiger partial charge in [-0.05, 0) is 37.5 Å². The average molecular weight is 489 g/mol. The first kappa shape index (κ1) is 21.3. The molecule has 1 fully saturated rings. The van der Waals surface area contributed by atoms with Crippen LogP contribution >= 0.6 is 34.8 Å². The Labute approximate surface area is 189 Å². The molecule has 1 unspecified atom stereocenters. The summed E-state index contributed by atoms with van der Waals surface area (Å²) in [7, 11) is 0. The topological polar surface area (TPSA) is 99.8 Å². The highest BCUT2D eigenvalue weighted by molar-refractivity contribution is 7.80. The molecule has 1 aliphatic heterocycles. The third kappa shape index (κ3) is 4.26. The lowest BCUT2D eigenvalue weighted by atomic mass is 9.98. The first-order valence-electron chi connectivity index (χ1n) is 9.03. The molecule has 1 aliphatic rings. The number of fused-ring (bicyclic) bond motifs is 1. The molecule has 3 heterocycles. The van der Waals surface area contributed by atoms with Gasteiger partial charge in [0.25, 0.3) is 17.2 Å². The number of hydrogen-bond donors (Lipinski definition) is 2. The maximum absolute atomic E-state index is 13.4. The number of hydrogen-bond acceptors (Lipinski definition) is 4. The Morgan fingerprint density at radius 2 is 2.00 bits per heavy atom. The SMILES string of the molecule is O=C(c1cc(Cl)ccc1NS(=O)O)N1CCCC[C@H]1c1cc2nc(Cl)cc(Cl)n2n1. The molecule has 2 atom stereocenters. The van der Waals surface area contributed by atoms with Crippen molar-refractivity contribution in [1.29, 1.82) is 0 Å². The van der Waals surface area contributed by atoms with E-state index in [1.54, 1.807) is 17.0 Å². The fourth-order valence-corrected chi connectivity index (χ4v) is 4.61. The maximum Gasteiger partial charge on any atom is 0.259 e. The molecule has 1 saturated heterocycles. The Bertz CT molecular complexity index is 1160. The predicted molar refractivity (Wildman–Crippen MR) is 116 cm³/mol. The smallest absolute Gasteiger partial charge is 0.259 e. The number of amides is 1. The number of carbonyl (C=O) groups is 1. The summed E-state index contributed by atoms with van der Waals surface area (Å²) in [6, 6.07) is 7.46. The lowest BCUT2D eigenvalue weighted by Gasteiger charge is -2.35. The number of benzene rings is 1. The highest BCUT2D eigenvalue weighted by atomic mass is 35.5. The van der Waals surface area contributed by atoms with Crippen LogP contribution in [0.1, 0.15) is 41.4 Å².